The Morgan fingerprint density at radius 2 is 1.31 bits per heavy atom. The van der Waals surface area contributed by atoms with Crippen LogP contribution in [0.25, 0.3) is 12.2 Å². The summed E-state index contributed by atoms with van der Waals surface area (Å²) in [5.74, 6) is 2.23. The van der Waals surface area contributed by atoms with Crippen LogP contribution in [0.4, 0.5) is 0 Å². The Morgan fingerprint density at radius 1 is 0.829 bits per heavy atom. The Balaban J connectivity index is 1.67. The van der Waals surface area contributed by atoms with Crippen molar-refractivity contribution in [2.24, 2.45) is 0 Å². The number of carbonyl (C=O) groups is 1. The fourth-order valence-corrected chi connectivity index (χ4v) is 5.03. The van der Waals surface area contributed by atoms with Crippen molar-refractivity contribution in [2.75, 3.05) is 27.3 Å². The second-order valence-corrected chi connectivity index (χ2v) is 9.66. The van der Waals surface area contributed by atoms with Gasteiger partial charge in [0, 0.05) is 41.1 Å². The molecule has 0 saturated carbocycles. The molecule has 6 heteroatoms. The van der Waals surface area contributed by atoms with Crippen molar-refractivity contribution < 1.29 is 14.3 Å². The van der Waals surface area contributed by atoms with Crippen molar-refractivity contribution in [2.45, 2.75) is 5.75 Å². The van der Waals surface area contributed by atoms with Crippen molar-refractivity contribution in [1.82, 2.24) is 4.90 Å². The maximum absolute atomic E-state index is 13.6. The summed E-state index contributed by atoms with van der Waals surface area (Å²) in [5, 5.41) is 0. The Morgan fingerprint density at radius 3 is 1.83 bits per heavy atom. The zero-order valence-electron chi connectivity index (χ0n) is 19.8. The summed E-state index contributed by atoms with van der Waals surface area (Å²) in [5.41, 5.74) is 4.27. The normalized spacial score (nSPS) is 15.9. The van der Waals surface area contributed by atoms with Gasteiger partial charge in [-0.2, -0.15) is 0 Å². The number of thiocarbonyl (C=S) groups is 1. The molecule has 178 valence electrons. The van der Waals surface area contributed by atoms with E-state index in [2.05, 4.69) is 17.0 Å². The lowest BCUT2D eigenvalue weighted by Crippen LogP contribution is -2.39. The predicted molar refractivity (Wildman–Crippen MR) is 149 cm³/mol. The molecule has 1 heterocycles. The van der Waals surface area contributed by atoms with Crippen molar-refractivity contribution in [3.63, 3.8) is 0 Å². The molecule has 0 aliphatic carbocycles. The van der Waals surface area contributed by atoms with E-state index in [1.165, 1.54) is 5.56 Å². The molecule has 0 spiro atoms. The molecule has 0 radical (unpaired) electrons. The number of Topliss-reactive ketones (excluding diaryl/α,β-unsaturated/α-hetero) is 1. The summed E-state index contributed by atoms with van der Waals surface area (Å²) in [6, 6.07) is 25.6. The maximum atomic E-state index is 13.6. The Kier molecular flexibility index (Phi) is 8.40. The van der Waals surface area contributed by atoms with Gasteiger partial charge in [-0.05, 0) is 29.8 Å². The minimum absolute atomic E-state index is 0.00826. The molecule has 3 aromatic carbocycles. The third-order valence-corrected chi connectivity index (χ3v) is 7.30. The van der Waals surface area contributed by atoms with Crippen LogP contribution in [0.1, 0.15) is 16.7 Å². The highest BCUT2D eigenvalue weighted by Crippen LogP contribution is 2.29. The van der Waals surface area contributed by atoms with Crippen LogP contribution in [-0.2, 0) is 10.5 Å². The largest absolute Gasteiger partial charge is 0.496 e. The molecule has 0 amide bonds. The van der Waals surface area contributed by atoms with E-state index in [1.807, 2.05) is 78.9 Å². The number of nitrogens with zero attached hydrogens (tertiary/aromatic N) is 1. The number of carbonyl (C=O) groups excluding carboxylic acids is 1. The van der Waals surface area contributed by atoms with Crippen LogP contribution >= 0.6 is 24.0 Å². The average molecular weight is 502 g/mol. The van der Waals surface area contributed by atoms with Gasteiger partial charge in [-0.15, -0.1) is 0 Å². The summed E-state index contributed by atoms with van der Waals surface area (Å²) < 4.78 is 11.8. The second kappa shape index (κ2) is 11.9. The fraction of sp³-hybridized carbons (Fsp3) is 0.172. The first-order valence-corrected chi connectivity index (χ1v) is 12.7. The lowest BCUT2D eigenvalue weighted by molar-refractivity contribution is -0.113. The van der Waals surface area contributed by atoms with Crippen LogP contribution in [0.15, 0.2) is 90.0 Å². The van der Waals surface area contributed by atoms with E-state index >= 15 is 0 Å². The van der Waals surface area contributed by atoms with Gasteiger partial charge in [-0.1, -0.05) is 90.7 Å². The topological polar surface area (TPSA) is 38.8 Å². The van der Waals surface area contributed by atoms with Crippen LogP contribution in [-0.4, -0.2) is 42.3 Å². The van der Waals surface area contributed by atoms with Gasteiger partial charge in [0.1, 0.15) is 15.8 Å². The summed E-state index contributed by atoms with van der Waals surface area (Å²) in [6.07, 6.45) is 3.82. The number of hydrogen-bond acceptors (Lipinski definition) is 5. The summed E-state index contributed by atoms with van der Waals surface area (Å²) >= 11 is 7.43. The number of benzene rings is 3. The molecule has 4 nitrogen and oxygen atoms in total. The zero-order chi connectivity index (χ0) is 24.6. The number of ether oxygens (including phenoxy) is 2. The molecule has 1 fully saturated rings. The predicted octanol–water partition coefficient (Wildman–Crippen LogP) is 6.27. The zero-order valence-corrected chi connectivity index (χ0v) is 21.4. The first-order chi connectivity index (χ1) is 17.1. The SMILES string of the molecule is COc1ccccc1/C=C1\CN(C(=S)SCc2ccccc2)C/C(=C\c2ccccc2OC)C1=O. The molecule has 0 bridgehead atoms. The number of piperidine rings is 1. The average Bonchev–Trinajstić information content (AvgIpc) is 2.90. The molecule has 1 aliphatic heterocycles. The van der Waals surface area contributed by atoms with E-state index in [4.69, 9.17) is 21.7 Å². The Bertz CT molecular complexity index is 1200. The first-order valence-electron chi connectivity index (χ1n) is 11.3. The molecule has 0 unspecified atom stereocenters. The molecule has 1 aliphatic rings. The van der Waals surface area contributed by atoms with Gasteiger partial charge >= 0.3 is 0 Å². The third kappa shape index (κ3) is 6.21. The number of methoxy groups -OCH3 is 2. The summed E-state index contributed by atoms with van der Waals surface area (Å²) in [6.45, 7) is 0.890. The van der Waals surface area contributed by atoms with E-state index in [0.29, 0.717) is 24.2 Å². The van der Waals surface area contributed by atoms with Gasteiger partial charge in [0.05, 0.1) is 14.2 Å². The molecule has 0 aromatic heterocycles. The number of thioether (sulfide) groups is 1. The fourth-order valence-electron chi connectivity index (χ4n) is 3.93. The van der Waals surface area contributed by atoms with E-state index in [9.17, 15) is 4.79 Å². The standard InChI is InChI=1S/C29H27NO3S2/c1-32-26-14-8-6-12-22(26)16-24-18-30(29(34)35-20-21-10-4-3-5-11-21)19-25(28(24)31)17-23-13-7-9-15-27(23)33-2/h3-17H,18-20H2,1-2H3/b24-16+,25-17+. The van der Waals surface area contributed by atoms with Gasteiger partial charge < -0.3 is 14.4 Å². The third-order valence-electron chi connectivity index (χ3n) is 5.71. The number of likely N-dealkylation sites (tertiary alicyclic amines) is 1. The van der Waals surface area contributed by atoms with Crippen LogP contribution in [0.2, 0.25) is 0 Å². The minimum Gasteiger partial charge on any atom is -0.496 e. The highest BCUT2D eigenvalue weighted by molar-refractivity contribution is 8.22. The summed E-state index contributed by atoms with van der Waals surface area (Å²) in [7, 11) is 3.27. The quantitative estimate of drug-likeness (QED) is 0.293. The highest BCUT2D eigenvalue weighted by atomic mass is 32.2. The monoisotopic (exact) mass is 501 g/mol. The van der Waals surface area contributed by atoms with E-state index in [-0.39, 0.29) is 5.78 Å². The molecule has 35 heavy (non-hydrogen) atoms. The molecular weight excluding hydrogens is 474 g/mol. The van der Waals surface area contributed by atoms with Crippen LogP contribution in [0, 0.1) is 0 Å². The van der Waals surface area contributed by atoms with Crippen molar-refractivity contribution in [1.29, 1.82) is 0 Å². The maximum Gasteiger partial charge on any atom is 0.188 e. The van der Waals surface area contributed by atoms with Gasteiger partial charge in [-0.3, -0.25) is 4.79 Å². The number of para-hydroxylation sites is 2. The summed E-state index contributed by atoms with van der Waals surface area (Å²) in [4.78, 5) is 15.7. The molecular formula is C29H27NO3S2. The number of hydrogen-bond donors (Lipinski definition) is 0. The number of rotatable bonds is 6. The van der Waals surface area contributed by atoms with Gasteiger partial charge in [0.2, 0.25) is 0 Å². The lowest BCUT2D eigenvalue weighted by Gasteiger charge is -2.31. The lowest BCUT2D eigenvalue weighted by atomic mass is 9.94. The minimum atomic E-state index is 0.00826. The van der Waals surface area contributed by atoms with E-state index < -0.39 is 0 Å². The van der Waals surface area contributed by atoms with Crippen molar-refractivity contribution in [3.05, 3.63) is 107 Å². The number of ketones is 1. The van der Waals surface area contributed by atoms with Gasteiger partial charge in [0.25, 0.3) is 0 Å². The molecule has 4 rings (SSSR count). The molecule has 0 N–H and O–H groups in total. The van der Waals surface area contributed by atoms with Crippen LogP contribution < -0.4 is 9.47 Å². The first kappa shape index (κ1) is 24.8. The Hall–Kier alpha value is -3.35. The van der Waals surface area contributed by atoms with Crippen molar-refractivity contribution in [3.8, 4) is 11.5 Å². The van der Waals surface area contributed by atoms with Gasteiger partial charge in [-0.25, -0.2) is 0 Å². The van der Waals surface area contributed by atoms with E-state index in [0.717, 1.165) is 32.7 Å². The van der Waals surface area contributed by atoms with Crippen LogP contribution in [0.5, 0.6) is 11.5 Å². The van der Waals surface area contributed by atoms with Gasteiger partial charge in [0.15, 0.2) is 5.78 Å². The molecule has 1 saturated heterocycles. The van der Waals surface area contributed by atoms with Crippen LogP contribution in [0.3, 0.4) is 0 Å². The molecule has 0 atom stereocenters. The van der Waals surface area contributed by atoms with Crippen molar-refractivity contribution >= 4 is 46.2 Å². The Labute approximate surface area is 216 Å². The second-order valence-electron chi connectivity index (χ2n) is 8.05. The smallest absolute Gasteiger partial charge is 0.188 e. The molecule has 3 aromatic rings. The van der Waals surface area contributed by atoms with E-state index in [1.54, 1.807) is 26.0 Å². The highest BCUT2D eigenvalue weighted by Gasteiger charge is 2.28.